The Labute approximate surface area is 108 Å². The Hall–Kier alpha value is 0.430. The molecule has 5 fully saturated rings. The van der Waals surface area contributed by atoms with Crippen molar-refractivity contribution in [2.24, 2.45) is 17.8 Å². The van der Waals surface area contributed by atoms with Gasteiger partial charge in [-0.2, -0.15) is 0 Å². The number of hydrogen-bond donors (Lipinski definition) is 0. The molecule has 17 heavy (non-hydrogen) atoms. The Balaban J connectivity index is 1.48. The molecule has 1 unspecified atom stereocenters. The summed E-state index contributed by atoms with van der Waals surface area (Å²) in [6.07, 6.45) is 17.6. The SMILES string of the molecule is C1CCC(PC23CC4CC(CC(C4)C2)C3)CC1. The third-order valence-corrected chi connectivity index (χ3v) is 8.36. The van der Waals surface area contributed by atoms with Crippen molar-refractivity contribution >= 4 is 8.58 Å². The fraction of sp³-hybridized carbons (Fsp3) is 1.00. The Morgan fingerprint density at radius 3 is 1.76 bits per heavy atom. The van der Waals surface area contributed by atoms with E-state index in [1.165, 1.54) is 15.0 Å². The molecule has 4 bridgehead atoms. The van der Waals surface area contributed by atoms with Gasteiger partial charge < -0.3 is 0 Å². The average molecular weight is 250 g/mol. The highest BCUT2D eigenvalue weighted by molar-refractivity contribution is 7.40. The van der Waals surface area contributed by atoms with Crippen LogP contribution < -0.4 is 0 Å². The van der Waals surface area contributed by atoms with Gasteiger partial charge >= 0.3 is 0 Å². The van der Waals surface area contributed by atoms with Gasteiger partial charge in [-0.25, -0.2) is 0 Å². The van der Waals surface area contributed by atoms with Gasteiger partial charge in [-0.15, -0.1) is 8.58 Å². The predicted molar refractivity (Wildman–Crippen MR) is 76.1 cm³/mol. The van der Waals surface area contributed by atoms with Crippen molar-refractivity contribution in [1.82, 2.24) is 0 Å². The minimum absolute atomic E-state index is 0.886. The molecule has 0 spiro atoms. The van der Waals surface area contributed by atoms with E-state index in [0.29, 0.717) is 0 Å². The zero-order valence-corrected chi connectivity index (χ0v) is 12.1. The molecule has 0 aliphatic heterocycles. The largest absolute Gasteiger partial charge is 0.112 e. The second kappa shape index (κ2) is 4.22. The molecule has 1 heteroatoms. The second-order valence-corrected chi connectivity index (χ2v) is 9.84. The molecule has 0 radical (unpaired) electrons. The smallest absolute Gasteiger partial charge is 0.0112 e. The van der Waals surface area contributed by atoms with Gasteiger partial charge in [0.15, 0.2) is 0 Å². The average Bonchev–Trinajstić information content (AvgIpc) is 2.27. The van der Waals surface area contributed by atoms with E-state index in [1.54, 1.807) is 64.2 Å². The van der Waals surface area contributed by atoms with Crippen molar-refractivity contribution in [3.05, 3.63) is 0 Å². The summed E-state index contributed by atoms with van der Waals surface area (Å²) in [5, 5.41) is 0.886. The molecular formula is C16H27P. The lowest BCUT2D eigenvalue weighted by Gasteiger charge is -2.58. The Bertz CT molecular complexity index is 255. The molecule has 1 atom stereocenters. The minimum Gasteiger partial charge on any atom is -0.112 e. The van der Waals surface area contributed by atoms with Crippen LogP contribution in [0.2, 0.25) is 0 Å². The van der Waals surface area contributed by atoms with Crippen LogP contribution in [0.15, 0.2) is 0 Å². The first-order valence-corrected chi connectivity index (χ1v) is 9.17. The topological polar surface area (TPSA) is 0 Å². The van der Waals surface area contributed by atoms with E-state index in [2.05, 4.69) is 0 Å². The van der Waals surface area contributed by atoms with Crippen LogP contribution in [-0.4, -0.2) is 10.8 Å². The van der Waals surface area contributed by atoms with Crippen LogP contribution in [0.4, 0.5) is 0 Å². The van der Waals surface area contributed by atoms with Crippen LogP contribution in [0.1, 0.15) is 70.6 Å². The highest BCUT2D eigenvalue weighted by Crippen LogP contribution is 2.64. The summed E-state index contributed by atoms with van der Waals surface area (Å²) >= 11 is 0. The van der Waals surface area contributed by atoms with E-state index in [4.69, 9.17) is 0 Å². The zero-order valence-electron chi connectivity index (χ0n) is 11.1. The quantitative estimate of drug-likeness (QED) is 0.607. The maximum Gasteiger partial charge on any atom is -0.0112 e. The van der Waals surface area contributed by atoms with Crippen molar-refractivity contribution in [2.45, 2.75) is 81.4 Å². The third-order valence-electron chi connectivity index (χ3n) is 6.15. The van der Waals surface area contributed by atoms with Crippen LogP contribution in [-0.2, 0) is 0 Å². The first-order chi connectivity index (χ1) is 8.31. The van der Waals surface area contributed by atoms with E-state index >= 15 is 0 Å². The molecule has 0 aromatic carbocycles. The van der Waals surface area contributed by atoms with Crippen LogP contribution in [0.3, 0.4) is 0 Å². The highest BCUT2D eigenvalue weighted by atomic mass is 31.1. The van der Waals surface area contributed by atoms with Crippen LogP contribution >= 0.6 is 8.58 Å². The van der Waals surface area contributed by atoms with Crippen molar-refractivity contribution in [3.63, 3.8) is 0 Å². The summed E-state index contributed by atoms with van der Waals surface area (Å²) in [6, 6.07) is 0. The van der Waals surface area contributed by atoms with Gasteiger partial charge in [0, 0.05) is 0 Å². The van der Waals surface area contributed by atoms with Gasteiger partial charge in [-0.1, -0.05) is 19.3 Å². The molecule has 5 saturated carbocycles. The van der Waals surface area contributed by atoms with E-state index in [0.717, 1.165) is 28.6 Å². The van der Waals surface area contributed by atoms with Crippen molar-refractivity contribution in [1.29, 1.82) is 0 Å². The molecule has 0 nitrogen and oxygen atoms in total. The molecule has 5 rings (SSSR count). The molecule has 0 aromatic heterocycles. The zero-order chi connectivity index (χ0) is 11.3. The van der Waals surface area contributed by atoms with E-state index in [-0.39, 0.29) is 0 Å². The molecule has 0 aromatic rings. The normalized spacial score (nSPS) is 50.5. The Kier molecular flexibility index (Phi) is 2.80. The first-order valence-electron chi connectivity index (χ1n) is 8.09. The number of hydrogen-bond acceptors (Lipinski definition) is 0. The molecule has 96 valence electrons. The van der Waals surface area contributed by atoms with E-state index in [9.17, 15) is 0 Å². The number of rotatable bonds is 2. The molecule has 5 aliphatic carbocycles. The van der Waals surface area contributed by atoms with Crippen LogP contribution in [0.5, 0.6) is 0 Å². The Morgan fingerprint density at radius 2 is 1.24 bits per heavy atom. The summed E-state index contributed by atoms with van der Waals surface area (Å²) in [4.78, 5) is 0. The lowest BCUT2D eigenvalue weighted by Crippen LogP contribution is -2.48. The maximum absolute atomic E-state index is 1.65. The second-order valence-electron chi connectivity index (χ2n) is 7.68. The van der Waals surface area contributed by atoms with Crippen LogP contribution in [0, 0.1) is 17.8 Å². The van der Waals surface area contributed by atoms with E-state index < -0.39 is 0 Å². The van der Waals surface area contributed by atoms with Crippen LogP contribution in [0.25, 0.3) is 0 Å². The van der Waals surface area contributed by atoms with Crippen molar-refractivity contribution < 1.29 is 0 Å². The minimum atomic E-state index is 0.886. The standard InChI is InChI=1S/C16H27P/c1-2-4-15(5-3-1)17-16-9-12-6-13(10-16)8-14(7-12)11-16/h12-15,17H,1-11H2. The fourth-order valence-corrected chi connectivity index (χ4v) is 8.75. The molecule has 0 saturated heterocycles. The summed E-state index contributed by atoms with van der Waals surface area (Å²) in [5.41, 5.74) is 1.15. The Morgan fingerprint density at radius 1 is 0.706 bits per heavy atom. The monoisotopic (exact) mass is 250 g/mol. The summed E-state index contributed by atoms with van der Waals surface area (Å²) < 4.78 is 0. The highest BCUT2D eigenvalue weighted by Gasteiger charge is 2.51. The molecular weight excluding hydrogens is 223 g/mol. The molecule has 0 amide bonds. The third kappa shape index (κ3) is 2.09. The van der Waals surface area contributed by atoms with Gasteiger partial charge in [-0.3, -0.25) is 0 Å². The van der Waals surface area contributed by atoms with Gasteiger partial charge in [0.05, 0.1) is 0 Å². The van der Waals surface area contributed by atoms with Crippen molar-refractivity contribution in [2.75, 3.05) is 0 Å². The lowest BCUT2D eigenvalue weighted by atomic mass is 9.56. The van der Waals surface area contributed by atoms with E-state index in [1.807, 2.05) is 0 Å². The molecule has 0 N–H and O–H groups in total. The predicted octanol–water partition coefficient (Wildman–Crippen LogP) is 4.97. The summed E-state index contributed by atoms with van der Waals surface area (Å²) in [7, 11) is 1.35. The molecule has 5 aliphatic rings. The van der Waals surface area contributed by atoms with Gasteiger partial charge in [0.25, 0.3) is 0 Å². The fourth-order valence-electron chi connectivity index (χ4n) is 5.97. The molecule has 0 heterocycles. The van der Waals surface area contributed by atoms with Gasteiger partial charge in [-0.05, 0) is 79.9 Å². The van der Waals surface area contributed by atoms with Gasteiger partial charge in [0.2, 0.25) is 0 Å². The first kappa shape index (κ1) is 11.3. The summed E-state index contributed by atoms with van der Waals surface area (Å²) in [6.45, 7) is 0. The lowest BCUT2D eigenvalue weighted by molar-refractivity contribution is 0.0363. The van der Waals surface area contributed by atoms with Crippen molar-refractivity contribution in [3.8, 4) is 0 Å². The summed E-state index contributed by atoms with van der Waals surface area (Å²) in [5.74, 6) is 3.49. The maximum atomic E-state index is 1.65. The van der Waals surface area contributed by atoms with Gasteiger partial charge in [0.1, 0.15) is 0 Å².